The van der Waals surface area contributed by atoms with Crippen LogP contribution < -0.4 is 5.73 Å². The van der Waals surface area contributed by atoms with Gasteiger partial charge in [-0.2, -0.15) is 0 Å². The zero-order valence-corrected chi connectivity index (χ0v) is 7.66. The highest BCUT2D eigenvalue weighted by Crippen LogP contribution is 2.18. The second-order valence-corrected chi connectivity index (χ2v) is 2.83. The molecule has 1 heterocycles. The van der Waals surface area contributed by atoms with E-state index in [9.17, 15) is 4.79 Å². The highest BCUT2D eigenvalue weighted by atomic mass is 16.2. The SMILES string of the molecule is C=CC1=C(N=CN)CN(C(C)=O)C1. The van der Waals surface area contributed by atoms with Crippen molar-refractivity contribution in [2.45, 2.75) is 6.92 Å². The molecule has 70 valence electrons. The Kier molecular flexibility index (Phi) is 2.84. The number of hydrogen-bond donors (Lipinski definition) is 1. The lowest BCUT2D eigenvalue weighted by atomic mass is 10.2. The van der Waals surface area contributed by atoms with Crippen molar-refractivity contribution in [2.75, 3.05) is 13.1 Å². The van der Waals surface area contributed by atoms with Crippen LogP contribution in [-0.4, -0.2) is 30.2 Å². The third-order valence-electron chi connectivity index (χ3n) is 1.99. The summed E-state index contributed by atoms with van der Waals surface area (Å²) in [6, 6.07) is 0. The molecule has 13 heavy (non-hydrogen) atoms. The molecule has 1 aliphatic heterocycles. The maximum absolute atomic E-state index is 11.0. The highest BCUT2D eigenvalue weighted by molar-refractivity contribution is 5.75. The zero-order valence-electron chi connectivity index (χ0n) is 7.66. The van der Waals surface area contributed by atoms with Crippen molar-refractivity contribution < 1.29 is 4.79 Å². The highest BCUT2D eigenvalue weighted by Gasteiger charge is 2.21. The molecule has 0 bridgehead atoms. The van der Waals surface area contributed by atoms with E-state index >= 15 is 0 Å². The van der Waals surface area contributed by atoms with Crippen LogP contribution in [0.2, 0.25) is 0 Å². The Bertz CT molecular complexity index is 291. The van der Waals surface area contributed by atoms with E-state index in [-0.39, 0.29) is 5.91 Å². The summed E-state index contributed by atoms with van der Waals surface area (Å²) < 4.78 is 0. The molecule has 0 saturated heterocycles. The lowest BCUT2D eigenvalue weighted by Crippen LogP contribution is -2.26. The first-order valence-corrected chi connectivity index (χ1v) is 4.03. The number of amides is 1. The van der Waals surface area contributed by atoms with Gasteiger partial charge < -0.3 is 10.6 Å². The van der Waals surface area contributed by atoms with E-state index in [2.05, 4.69) is 11.6 Å². The van der Waals surface area contributed by atoms with Crippen LogP contribution in [0.3, 0.4) is 0 Å². The van der Waals surface area contributed by atoms with Crippen molar-refractivity contribution in [1.82, 2.24) is 4.90 Å². The minimum atomic E-state index is 0.0431. The summed E-state index contributed by atoms with van der Waals surface area (Å²) in [5.41, 5.74) is 6.98. The summed E-state index contributed by atoms with van der Waals surface area (Å²) in [6.45, 7) is 6.32. The van der Waals surface area contributed by atoms with Gasteiger partial charge in [-0.15, -0.1) is 0 Å². The number of carbonyl (C=O) groups is 1. The van der Waals surface area contributed by atoms with E-state index in [0.29, 0.717) is 13.1 Å². The fourth-order valence-corrected chi connectivity index (χ4v) is 1.25. The summed E-state index contributed by atoms with van der Waals surface area (Å²) in [5.74, 6) is 0.0431. The largest absolute Gasteiger partial charge is 0.390 e. The molecule has 0 saturated carbocycles. The molecule has 4 heteroatoms. The lowest BCUT2D eigenvalue weighted by molar-refractivity contribution is -0.127. The molecular formula is C9H13N3O. The van der Waals surface area contributed by atoms with Gasteiger partial charge in [-0.3, -0.25) is 4.79 Å². The van der Waals surface area contributed by atoms with Gasteiger partial charge in [-0.25, -0.2) is 4.99 Å². The fraction of sp³-hybridized carbons (Fsp3) is 0.333. The molecule has 1 rings (SSSR count). The van der Waals surface area contributed by atoms with Crippen molar-refractivity contribution >= 4 is 12.2 Å². The molecule has 0 aromatic carbocycles. The summed E-state index contributed by atoms with van der Waals surface area (Å²) in [6.07, 6.45) is 2.95. The molecule has 0 aromatic heterocycles. The first kappa shape index (κ1) is 9.51. The van der Waals surface area contributed by atoms with Crippen LogP contribution in [0.15, 0.2) is 28.9 Å². The van der Waals surface area contributed by atoms with Crippen molar-refractivity contribution in [1.29, 1.82) is 0 Å². The zero-order chi connectivity index (χ0) is 9.84. The average Bonchev–Trinajstić information content (AvgIpc) is 2.48. The predicted molar refractivity (Wildman–Crippen MR) is 52.2 cm³/mol. The Hall–Kier alpha value is -1.58. The average molecular weight is 179 g/mol. The number of carbonyl (C=O) groups excluding carboxylic acids is 1. The van der Waals surface area contributed by atoms with Gasteiger partial charge in [0.2, 0.25) is 5.91 Å². The van der Waals surface area contributed by atoms with E-state index < -0.39 is 0 Å². The second-order valence-electron chi connectivity index (χ2n) is 2.83. The third kappa shape index (κ3) is 1.96. The molecule has 0 aromatic rings. The Balaban J connectivity index is 2.80. The van der Waals surface area contributed by atoms with Crippen LogP contribution in [-0.2, 0) is 4.79 Å². The molecule has 0 unspecified atom stereocenters. The van der Waals surface area contributed by atoms with Crippen LogP contribution in [0.1, 0.15) is 6.92 Å². The van der Waals surface area contributed by atoms with Gasteiger partial charge in [-0.1, -0.05) is 12.7 Å². The molecule has 1 amide bonds. The monoisotopic (exact) mass is 179 g/mol. The quantitative estimate of drug-likeness (QED) is 0.489. The van der Waals surface area contributed by atoms with Crippen LogP contribution in [0, 0.1) is 0 Å². The Labute approximate surface area is 77.4 Å². The number of nitrogens with zero attached hydrogens (tertiary/aromatic N) is 2. The Morgan fingerprint density at radius 3 is 2.85 bits per heavy atom. The standard InChI is InChI=1S/C9H13N3O/c1-3-8-4-12(7(2)13)5-9(8)11-6-10/h3,6H,1,4-5H2,2H3,(H2,10,11). The first-order valence-electron chi connectivity index (χ1n) is 4.03. The second kappa shape index (κ2) is 3.89. The van der Waals surface area contributed by atoms with Crippen molar-refractivity contribution in [2.24, 2.45) is 10.7 Å². The summed E-state index contributed by atoms with van der Waals surface area (Å²) >= 11 is 0. The lowest BCUT2D eigenvalue weighted by Gasteiger charge is -2.12. The molecule has 1 aliphatic rings. The minimum Gasteiger partial charge on any atom is -0.390 e. The van der Waals surface area contributed by atoms with Crippen LogP contribution in [0.4, 0.5) is 0 Å². The molecule has 2 N–H and O–H groups in total. The minimum absolute atomic E-state index is 0.0431. The summed E-state index contributed by atoms with van der Waals surface area (Å²) in [7, 11) is 0. The molecule has 0 atom stereocenters. The van der Waals surface area contributed by atoms with Gasteiger partial charge in [0.05, 0.1) is 18.6 Å². The molecule has 0 radical (unpaired) electrons. The molecular weight excluding hydrogens is 166 g/mol. The van der Waals surface area contributed by atoms with Gasteiger partial charge in [-0.05, 0) is 5.57 Å². The summed E-state index contributed by atoms with van der Waals surface area (Å²) in [5, 5.41) is 0. The molecule has 0 aliphatic carbocycles. The van der Waals surface area contributed by atoms with Gasteiger partial charge in [0.15, 0.2) is 0 Å². The Morgan fingerprint density at radius 1 is 1.69 bits per heavy atom. The van der Waals surface area contributed by atoms with Crippen molar-refractivity contribution in [3.63, 3.8) is 0 Å². The van der Waals surface area contributed by atoms with Crippen molar-refractivity contribution in [3.8, 4) is 0 Å². The Morgan fingerprint density at radius 2 is 2.38 bits per heavy atom. The molecule has 4 nitrogen and oxygen atoms in total. The number of nitrogens with two attached hydrogens (primary N) is 1. The van der Waals surface area contributed by atoms with Crippen LogP contribution >= 0.6 is 0 Å². The van der Waals surface area contributed by atoms with E-state index in [0.717, 1.165) is 11.3 Å². The van der Waals surface area contributed by atoms with Gasteiger partial charge >= 0.3 is 0 Å². The van der Waals surface area contributed by atoms with Crippen molar-refractivity contribution in [3.05, 3.63) is 23.9 Å². The maximum Gasteiger partial charge on any atom is 0.220 e. The smallest absolute Gasteiger partial charge is 0.220 e. The topological polar surface area (TPSA) is 58.7 Å². The first-order chi connectivity index (χ1) is 6.19. The van der Waals surface area contributed by atoms with Gasteiger partial charge in [0, 0.05) is 13.5 Å². The van der Waals surface area contributed by atoms with Crippen LogP contribution in [0.5, 0.6) is 0 Å². The predicted octanol–water partition coefficient (Wildman–Crippen LogP) is 0.276. The van der Waals surface area contributed by atoms with E-state index in [1.165, 1.54) is 13.3 Å². The van der Waals surface area contributed by atoms with E-state index in [1.54, 1.807) is 11.0 Å². The van der Waals surface area contributed by atoms with Gasteiger partial charge in [0.1, 0.15) is 0 Å². The number of rotatable bonds is 2. The number of hydrogen-bond acceptors (Lipinski definition) is 2. The third-order valence-corrected chi connectivity index (χ3v) is 1.99. The normalized spacial score (nSPS) is 17.2. The van der Waals surface area contributed by atoms with Crippen LogP contribution in [0.25, 0.3) is 0 Å². The molecule has 0 spiro atoms. The van der Waals surface area contributed by atoms with E-state index in [1.807, 2.05) is 0 Å². The van der Waals surface area contributed by atoms with Gasteiger partial charge in [0.25, 0.3) is 0 Å². The summed E-state index contributed by atoms with van der Waals surface area (Å²) in [4.78, 5) is 16.7. The maximum atomic E-state index is 11.0. The molecule has 0 fully saturated rings. The van der Waals surface area contributed by atoms with E-state index in [4.69, 9.17) is 5.73 Å². The number of aliphatic imine (C=N–C) groups is 1. The fourth-order valence-electron chi connectivity index (χ4n) is 1.25.